The Balaban J connectivity index is 1.49. The molecule has 4 aromatic rings. The van der Waals surface area contributed by atoms with Gasteiger partial charge in [-0.25, -0.2) is 12.8 Å². The summed E-state index contributed by atoms with van der Waals surface area (Å²) in [5.74, 6) is 0.960. The number of aromatic nitrogens is 4. The summed E-state index contributed by atoms with van der Waals surface area (Å²) in [5, 5.41) is 8.96. The Morgan fingerprint density at radius 2 is 1.86 bits per heavy atom. The van der Waals surface area contributed by atoms with Gasteiger partial charge in [0.15, 0.2) is 0 Å². The first-order chi connectivity index (χ1) is 16.6. The van der Waals surface area contributed by atoms with Gasteiger partial charge in [0.05, 0.1) is 5.52 Å². The van der Waals surface area contributed by atoms with Crippen LogP contribution in [0.15, 0.2) is 54.6 Å². The number of benzene rings is 2. The number of anilines is 2. The maximum Gasteiger partial charge on any atom is 0.511 e. The summed E-state index contributed by atoms with van der Waals surface area (Å²) < 4.78 is 64.1. The van der Waals surface area contributed by atoms with Crippen LogP contribution in [0.5, 0.6) is 0 Å². The molecule has 0 amide bonds. The Morgan fingerprint density at radius 3 is 2.57 bits per heavy atom. The number of hydrogen-bond acceptors (Lipinski definition) is 6. The maximum absolute atomic E-state index is 12.9. The number of rotatable bonds is 4. The van der Waals surface area contributed by atoms with Crippen LogP contribution >= 0.6 is 11.6 Å². The van der Waals surface area contributed by atoms with Crippen molar-refractivity contribution in [2.45, 2.75) is 11.9 Å². The Bertz CT molecular complexity index is 1590. The minimum atomic E-state index is -5.35. The van der Waals surface area contributed by atoms with Crippen molar-refractivity contribution in [3.8, 4) is 0 Å². The zero-order chi connectivity index (χ0) is 25.0. The predicted molar refractivity (Wildman–Crippen MR) is 127 cm³/mol. The predicted octanol–water partition coefficient (Wildman–Crippen LogP) is 4.64. The topological polar surface area (TPSA) is 83.7 Å². The molecule has 35 heavy (non-hydrogen) atoms. The lowest BCUT2D eigenvalue weighted by Gasteiger charge is -2.27. The minimum Gasteiger partial charge on any atom is -0.329 e. The zero-order valence-corrected chi connectivity index (χ0v) is 19.8. The lowest BCUT2D eigenvalue weighted by molar-refractivity contribution is -0.0486. The summed E-state index contributed by atoms with van der Waals surface area (Å²) in [4.78, 5) is 6.51. The van der Waals surface area contributed by atoms with Crippen LogP contribution in [0.1, 0.15) is 12.0 Å². The fraction of sp³-hybridized carbons (Fsp3) is 0.227. The molecule has 5 rings (SSSR count). The van der Waals surface area contributed by atoms with E-state index in [2.05, 4.69) is 15.2 Å². The van der Waals surface area contributed by atoms with E-state index < -0.39 is 15.5 Å². The van der Waals surface area contributed by atoms with Crippen LogP contribution in [0.2, 0.25) is 5.28 Å². The number of halogens is 4. The molecule has 0 N–H and O–H groups in total. The summed E-state index contributed by atoms with van der Waals surface area (Å²) in [5.41, 5.74) is -2.19. The van der Waals surface area contributed by atoms with Gasteiger partial charge in [-0.3, -0.25) is 0 Å². The van der Waals surface area contributed by atoms with Gasteiger partial charge in [-0.15, -0.1) is 10.2 Å². The van der Waals surface area contributed by atoms with Crippen molar-refractivity contribution >= 4 is 55.4 Å². The van der Waals surface area contributed by atoms with Crippen molar-refractivity contribution in [2.24, 2.45) is 0 Å². The fourth-order valence-corrected chi connectivity index (χ4v) is 5.22. The van der Waals surface area contributed by atoms with E-state index in [0.717, 1.165) is 27.7 Å². The van der Waals surface area contributed by atoms with E-state index in [-0.39, 0.29) is 24.8 Å². The average molecular weight is 523 g/mol. The van der Waals surface area contributed by atoms with Gasteiger partial charge in [0.25, 0.3) is 5.78 Å². The molecule has 2 aromatic carbocycles. The van der Waals surface area contributed by atoms with Crippen LogP contribution in [0.4, 0.5) is 24.7 Å². The van der Waals surface area contributed by atoms with Crippen molar-refractivity contribution in [3.63, 3.8) is 0 Å². The first-order valence-electron chi connectivity index (χ1n) is 10.5. The van der Waals surface area contributed by atoms with Gasteiger partial charge in [0, 0.05) is 31.2 Å². The van der Waals surface area contributed by atoms with E-state index >= 15 is 0 Å². The fourth-order valence-electron chi connectivity index (χ4n) is 4.12. The van der Waals surface area contributed by atoms with Crippen molar-refractivity contribution in [2.75, 3.05) is 25.0 Å². The monoisotopic (exact) mass is 522 g/mol. The van der Waals surface area contributed by atoms with Gasteiger partial charge in [0.1, 0.15) is 5.82 Å². The first-order valence-corrected chi connectivity index (χ1v) is 12.3. The lowest BCUT2D eigenvalue weighted by Crippen LogP contribution is -2.42. The molecule has 0 spiro atoms. The number of hydrogen-bond donors (Lipinski definition) is 0. The highest BCUT2D eigenvalue weighted by molar-refractivity contribution is 7.90. The second-order valence-electron chi connectivity index (χ2n) is 7.95. The molecule has 8 nitrogen and oxygen atoms in total. The smallest absolute Gasteiger partial charge is 0.329 e. The third-order valence-electron chi connectivity index (χ3n) is 5.92. The molecular weight excluding hydrogens is 505 g/mol. The second kappa shape index (κ2) is 8.47. The molecule has 0 atom stereocenters. The van der Waals surface area contributed by atoms with Gasteiger partial charge in [0.2, 0.25) is 5.28 Å². The van der Waals surface area contributed by atoms with E-state index in [9.17, 15) is 21.6 Å². The Labute approximate surface area is 203 Å². The van der Waals surface area contributed by atoms with E-state index in [1.165, 1.54) is 6.08 Å². The molecule has 1 aliphatic rings. The molecular formula is C22H18ClF3N6O2S. The molecule has 182 valence electrons. The van der Waals surface area contributed by atoms with Gasteiger partial charge in [-0.1, -0.05) is 30.3 Å². The number of alkyl halides is 3. The van der Waals surface area contributed by atoms with E-state index in [0.29, 0.717) is 15.9 Å². The molecule has 3 heterocycles. The molecule has 0 fully saturated rings. The highest BCUT2D eigenvalue weighted by atomic mass is 35.5. The maximum atomic E-state index is 12.9. The van der Waals surface area contributed by atoms with E-state index in [4.69, 9.17) is 11.6 Å². The number of para-hydroxylation sites is 1. The molecule has 0 unspecified atom stereocenters. The summed E-state index contributed by atoms with van der Waals surface area (Å²) in [7, 11) is -3.51. The standard InChI is InChI=1S/C22H18ClF3N6O2S/c1-30(19-17-7-2-3-8-18(17)32-20(23)28-29-21(32)27-19)16-6-4-5-15(13-16)14-9-11-31(12-10-14)35(33,34)22(24,25)26/h2-9,13H,10-12H2,1H3. The van der Waals surface area contributed by atoms with Crippen molar-refractivity contribution in [1.82, 2.24) is 23.9 Å². The third kappa shape index (κ3) is 4.01. The highest BCUT2D eigenvalue weighted by Crippen LogP contribution is 2.34. The molecule has 2 aromatic heterocycles. The molecule has 13 heteroatoms. The second-order valence-corrected chi connectivity index (χ2v) is 10.2. The summed E-state index contributed by atoms with van der Waals surface area (Å²) in [6, 6.07) is 15.0. The summed E-state index contributed by atoms with van der Waals surface area (Å²) in [6.07, 6.45) is 1.68. The molecule has 0 radical (unpaired) electrons. The Kier molecular flexibility index (Phi) is 5.69. The number of fused-ring (bicyclic) bond motifs is 3. The largest absolute Gasteiger partial charge is 0.511 e. The molecule has 0 saturated carbocycles. The van der Waals surface area contributed by atoms with E-state index in [1.54, 1.807) is 4.40 Å². The first kappa shape index (κ1) is 23.5. The van der Waals surface area contributed by atoms with Crippen molar-refractivity contribution in [3.05, 3.63) is 65.5 Å². The third-order valence-corrected chi connectivity index (χ3v) is 7.77. The Hall–Kier alpha value is -3.22. The Morgan fingerprint density at radius 1 is 1.09 bits per heavy atom. The normalized spacial score (nSPS) is 15.5. The van der Waals surface area contributed by atoms with Crippen molar-refractivity contribution < 1.29 is 21.6 Å². The number of nitrogens with zero attached hydrogens (tertiary/aromatic N) is 6. The van der Waals surface area contributed by atoms with Crippen LogP contribution in [-0.4, -0.2) is 58.0 Å². The van der Waals surface area contributed by atoms with Crippen LogP contribution in [0.25, 0.3) is 22.3 Å². The summed E-state index contributed by atoms with van der Waals surface area (Å²) >= 11 is 6.20. The van der Waals surface area contributed by atoms with Gasteiger partial charge in [-0.2, -0.15) is 22.5 Å². The van der Waals surface area contributed by atoms with Crippen LogP contribution in [-0.2, 0) is 10.0 Å². The molecule has 0 saturated heterocycles. The molecule has 0 bridgehead atoms. The SMILES string of the molecule is CN(c1cccc(C2=CCN(S(=O)(=O)C(F)(F)F)CC2)c1)c1nc2nnc(Cl)n2c2ccccc12. The van der Waals surface area contributed by atoms with Gasteiger partial charge >= 0.3 is 15.5 Å². The summed E-state index contributed by atoms with van der Waals surface area (Å²) in [6.45, 7) is -0.585. The molecule has 0 aliphatic carbocycles. The van der Waals surface area contributed by atoms with Crippen LogP contribution in [0.3, 0.4) is 0 Å². The van der Waals surface area contributed by atoms with E-state index in [1.807, 2.05) is 60.5 Å². The quantitative estimate of drug-likeness (QED) is 0.388. The number of sulfonamides is 1. The highest BCUT2D eigenvalue weighted by Gasteiger charge is 2.49. The van der Waals surface area contributed by atoms with Crippen molar-refractivity contribution in [1.29, 1.82) is 0 Å². The zero-order valence-electron chi connectivity index (χ0n) is 18.2. The van der Waals surface area contributed by atoms with Gasteiger partial charge in [-0.05, 0) is 53.4 Å². The van der Waals surface area contributed by atoms with Gasteiger partial charge < -0.3 is 4.90 Å². The van der Waals surface area contributed by atoms with Crippen LogP contribution in [0, 0.1) is 0 Å². The molecule has 1 aliphatic heterocycles. The average Bonchev–Trinajstić information content (AvgIpc) is 3.23. The lowest BCUT2D eigenvalue weighted by atomic mass is 9.99. The van der Waals surface area contributed by atoms with Crippen LogP contribution < -0.4 is 4.90 Å². The minimum absolute atomic E-state index is 0.161.